The minimum Gasteiger partial charge on any atom is -0.264 e. The highest BCUT2D eigenvalue weighted by atomic mass is 35.5. The smallest absolute Gasteiger partial charge is 0.124 e. The van der Waals surface area contributed by atoms with Crippen LogP contribution in [0, 0.1) is 0 Å². The molecule has 0 aliphatic heterocycles. The highest BCUT2D eigenvalue weighted by molar-refractivity contribution is 7.13. The van der Waals surface area contributed by atoms with E-state index in [9.17, 15) is 0 Å². The van der Waals surface area contributed by atoms with Crippen molar-refractivity contribution in [3.8, 4) is 21.8 Å². The van der Waals surface area contributed by atoms with E-state index in [-0.39, 0.29) is 0 Å². The topological polar surface area (TPSA) is 25.8 Å². The minimum atomic E-state index is 0.731. The summed E-state index contributed by atoms with van der Waals surface area (Å²) >= 11 is 7.66. The van der Waals surface area contributed by atoms with Gasteiger partial charge in [0.25, 0.3) is 0 Å². The van der Waals surface area contributed by atoms with Gasteiger partial charge in [-0.25, -0.2) is 4.98 Å². The molecule has 0 amide bonds. The molecule has 3 rings (SSSR count). The molecule has 100 valence electrons. The quantitative estimate of drug-likeness (QED) is 0.673. The zero-order valence-electron chi connectivity index (χ0n) is 11.0. The maximum Gasteiger partial charge on any atom is 0.124 e. The molecular weight excluding hydrogens is 288 g/mol. The van der Waals surface area contributed by atoms with E-state index in [2.05, 4.69) is 17.3 Å². The molecule has 0 radical (unpaired) electrons. The van der Waals surface area contributed by atoms with Gasteiger partial charge < -0.3 is 0 Å². The standard InChI is InChI=1S/C16H13ClN2S/c1-2-11-6-7-18-9-14(11)15-10-20-16(19-15)12-4-3-5-13(17)8-12/h3-10H,2H2,1H3. The van der Waals surface area contributed by atoms with E-state index in [0.717, 1.165) is 33.3 Å². The van der Waals surface area contributed by atoms with Crippen LogP contribution in [0.4, 0.5) is 0 Å². The molecule has 0 N–H and O–H groups in total. The number of aromatic nitrogens is 2. The molecule has 1 aromatic carbocycles. The lowest BCUT2D eigenvalue weighted by atomic mass is 10.1. The van der Waals surface area contributed by atoms with E-state index in [1.54, 1.807) is 11.3 Å². The van der Waals surface area contributed by atoms with Gasteiger partial charge in [-0.2, -0.15) is 0 Å². The maximum atomic E-state index is 6.03. The molecular formula is C16H13ClN2S. The lowest BCUT2D eigenvalue weighted by molar-refractivity contribution is 1.12. The molecule has 4 heteroatoms. The molecule has 2 nitrogen and oxygen atoms in total. The molecule has 3 aromatic rings. The van der Waals surface area contributed by atoms with Crippen LogP contribution in [-0.4, -0.2) is 9.97 Å². The van der Waals surface area contributed by atoms with E-state index in [4.69, 9.17) is 16.6 Å². The first-order valence-corrected chi connectivity index (χ1v) is 7.68. The van der Waals surface area contributed by atoms with Gasteiger partial charge in [-0.05, 0) is 30.2 Å². The lowest BCUT2D eigenvalue weighted by Crippen LogP contribution is -1.89. The van der Waals surface area contributed by atoms with Gasteiger partial charge in [-0.15, -0.1) is 11.3 Å². The number of halogens is 1. The molecule has 20 heavy (non-hydrogen) atoms. The summed E-state index contributed by atoms with van der Waals surface area (Å²) in [5, 5.41) is 3.79. The molecule has 0 saturated carbocycles. The molecule has 0 saturated heterocycles. The summed E-state index contributed by atoms with van der Waals surface area (Å²) in [6.45, 7) is 2.14. The molecule has 0 unspecified atom stereocenters. The van der Waals surface area contributed by atoms with Crippen molar-refractivity contribution in [1.82, 2.24) is 9.97 Å². The van der Waals surface area contributed by atoms with Gasteiger partial charge in [0.2, 0.25) is 0 Å². The molecule has 0 aliphatic rings. The number of nitrogens with zero attached hydrogens (tertiary/aromatic N) is 2. The van der Waals surface area contributed by atoms with E-state index in [0.29, 0.717) is 0 Å². The predicted octanol–water partition coefficient (Wildman–Crippen LogP) is 5.09. The first-order valence-electron chi connectivity index (χ1n) is 6.42. The fraction of sp³-hybridized carbons (Fsp3) is 0.125. The summed E-state index contributed by atoms with van der Waals surface area (Å²) in [6, 6.07) is 9.83. The SMILES string of the molecule is CCc1ccncc1-c1csc(-c2cccc(Cl)c2)n1. The van der Waals surface area contributed by atoms with Gasteiger partial charge in [0.1, 0.15) is 5.01 Å². The van der Waals surface area contributed by atoms with Crippen molar-refractivity contribution in [3.63, 3.8) is 0 Å². The molecule has 0 bridgehead atoms. The van der Waals surface area contributed by atoms with Crippen LogP contribution >= 0.6 is 22.9 Å². The number of benzene rings is 1. The van der Waals surface area contributed by atoms with Crippen molar-refractivity contribution in [2.75, 3.05) is 0 Å². The largest absolute Gasteiger partial charge is 0.264 e. The van der Waals surface area contributed by atoms with Crippen molar-refractivity contribution >= 4 is 22.9 Å². The third-order valence-corrected chi connectivity index (χ3v) is 4.27. The van der Waals surface area contributed by atoms with E-state index < -0.39 is 0 Å². The highest BCUT2D eigenvalue weighted by Gasteiger charge is 2.10. The molecule has 0 aliphatic carbocycles. The van der Waals surface area contributed by atoms with Crippen LogP contribution in [0.3, 0.4) is 0 Å². The van der Waals surface area contributed by atoms with Crippen molar-refractivity contribution in [1.29, 1.82) is 0 Å². The minimum absolute atomic E-state index is 0.731. The Morgan fingerprint density at radius 3 is 2.95 bits per heavy atom. The van der Waals surface area contributed by atoms with Crippen LogP contribution in [0.1, 0.15) is 12.5 Å². The summed E-state index contributed by atoms with van der Waals surface area (Å²) in [5.41, 5.74) is 4.41. The van der Waals surface area contributed by atoms with Crippen molar-refractivity contribution in [2.45, 2.75) is 13.3 Å². The third-order valence-electron chi connectivity index (χ3n) is 3.14. The Morgan fingerprint density at radius 2 is 2.15 bits per heavy atom. The number of hydrogen-bond acceptors (Lipinski definition) is 3. The number of aryl methyl sites for hydroxylation is 1. The summed E-state index contributed by atoms with van der Waals surface area (Å²) in [6.07, 6.45) is 4.68. The van der Waals surface area contributed by atoms with Gasteiger partial charge >= 0.3 is 0 Å². The second-order valence-electron chi connectivity index (χ2n) is 4.43. The number of hydrogen-bond donors (Lipinski definition) is 0. The van der Waals surface area contributed by atoms with Gasteiger partial charge in [-0.3, -0.25) is 4.98 Å². The Labute approximate surface area is 127 Å². The first kappa shape index (κ1) is 13.3. The van der Waals surface area contributed by atoms with E-state index in [1.807, 2.05) is 42.7 Å². The summed E-state index contributed by atoms with van der Waals surface area (Å²) < 4.78 is 0. The Hall–Kier alpha value is -1.71. The van der Waals surface area contributed by atoms with Crippen LogP contribution in [0.25, 0.3) is 21.8 Å². The zero-order valence-corrected chi connectivity index (χ0v) is 12.6. The summed E-state index contributed by atoms with van der Waals surface area (Å²) in [4.78, 5) is 8.93. The number of thiazole rings is 1. The molecule has 0 spiro atoms. The van der Waals surface area contributed by atoms with Crippen LogP contribution in [0.2, 0.25) is 5.02 Å². The molecule has 2 aromatic heterocycles. The van der Waals surface area contributed by atoms with Gasteiger partial charge in [-0.1, -0.05) is 30.7 Å². The van der Waals surface area contributed by atoms with Gasteiger partial charge in [0.05, 0.1) is 5.69 Å². The molecule has 2 heterocycles. The Morgan fingerprint density at radius 1 is 1.25 bits per heavy atom. The van der Waals surface area contributed by atoms with Crippen molar-refractivity contribution < 1.29 is 0 Å². The maximum absolute atomic E-state index is 6.03. The second kappa shape index (κ2) is 5.73. The van der Waals surface area contributed by atoms with Crippen LogP contribution in [-0.2, 0) is 6.42 Å². The molecule has 0 fully saturated rings. The van der Waals surface area contributed by atoms with Crippen molar-refractivity contribution in [3.05, 3.63) is 58.7 Å². The fourth-order valence-electron chi connectivity index (χ4n) is 2.11. The first-order chi connectivity index (χ1) is 9.78. The monoisotopic (exact) mass is 300 g/mol. The van der Waals surface area contributed by atoms with Gasteiger partial charge in [0.15, 0.2) is 0 Å². The van der Waals surface area contributed by atoms with E-state index >= 15 is 0 Å². The third kappa shape index (κ3) is 2.60. The van der Waals surface area contributed by atoms with E-state index in [1.165, 1.54) is 5.56 Å². The summed E-state index contributed by atoms with van der Waals surface area (Å²) in [7, 11) is 0. The summed E-state index contributed by atoms with van der Waals surface area (Å²) in [5.74, 6) is 0. The van der Waals surface area contributed by atoms with Crippen LogP contribution in [0.5, 0.6) is 0 Å². The predicted molar refractivity (Wildman–Crippen MR) is 85.2 cm³/mol. The number of pyridine rings is 1. The Balaban J connectivity index is 2.02. The average Bonchev–Trinajstić information content (AvgIpc) is 2.97. The Bertz CT molecular complexity index is 737. The Kier molecular flexibility index (Phi) is 3.81. The lowest BCUT2D eigenvalue weighted by Gasteiger charge is -2.03. The normalized spacial score (nSPS) is 10.7. The van der Waals surface area contributed by atoms with Gasteiger partial charge in [0, 0.05) is 33.9 Å². The van der Waals surface area contributed by atoms with Crippen LogP contribution < -0.4 is 0 Å². The average molecular weight is 301 g/mol. The zero-order chi connectivity index (χ0) is 13.9. The number of rotatable bonds is 3. The fourth-order valence-corrected chi connectivity index (χ4v) is 3.12. The van der Waals surface area contributed by atoms with Crippen LogP contribution in [0.15, 0.2) is 48.1 Å². The van der Waals surface area contributed by atoms with Crippen molar-refractivity contribution in [2.24, 2.45) is 0 Å². The molecule has 0 atom stereocenters. The highest BCUT2D eigenvalue weighted by Crippen LogP contribution is 2.31. The second-order valence-corrected chi connectivity index (χ2v) is 5.73.